The number of aliphatic hydroxyl groups excluding tert-OH is 8. The van der Waals surface area contributed by atoms with Gasteiger partial charge in [-0.3, -0.25) is 4.79 Å². The summed E-state index contributed by atoms with van der Waals surface area (Å²) < 4.78 is 22.8. The molecule has 2 fully saturated rings. The van der Waals surface area contributed by atoms with Crippen molar-refractivity contribution in [2.24, 2.45) is 0 Å². The Morgan fingerprint density at radius 1 is 0.446 bits per heavy atom. The predicted molar refractivity (Wildman–Crippen MR) is 336 cm³/mol. The van der Waals surface area contributed by atoms with E-state index in [1.54, 1.807) is 6.08 Å². The summed E-state index contributed by atoms with van der Waals surface area (Å²) in [7, 11) is 0. The molecular formula is C69H121NO13. The minimum atomic E-state index is -1.80. The molecule has 14 nitrogen and oxygen atoms in total. The smallest absolute Gasteiger partial charge is 0.220 e. The molecule has 83 heavy (non-hydrogen) atoms. The molecule has 0 saturated carbocycles. The first kappa shape index (κ1) is 76.3. The summed E-state index contributed by atoms with van der Waals surface area (Å²) in [5, 5.41) is 87.3. The van der Waals surface area contributed by atoms with Crippen LogP contribution in [0, 0.1) is 0 Å². The number of carbonyl (C=O) groups excluding carboxylic acids is 1. The number of hydrogen-bond donors (Lipinski definition) is 9. The number of nitrogens with one attached hydrogen (secondary N) is 1. The fraction of sp³-hybridized carbons (Fsp3) is 0.783. The van der Waals surface area contributed by atoms with E-state index in [0.717, 1.165) is 70.6 Å². The largest absolute Gasteiger partial charge is 0.394 e. The Bertz CT molecular complexity index is 1710. The highest BCUT2D eigenvalue weighted by Gasteiger charge is 2.51. The fourth-order valence-corrected chi connectivity index (χ4v) is 10.5. The van der Waals surface area contributed by atoms with E-state index in [1.807, 2.05) is 6.08 Å². The van der Waals surface area contributed by atoms with Crippen molar-refractivity contribution in [3.8, 4) is 0 Å². The maximum absolute atomic E-state index is 13.3. The predicted octanol–water partition coefficient (Wildman–Crippen LogP) is 12.8. The average molecular weight is 1170 g/mol. The first-order valence-corrected chi connectivity index (χ1v) is 33.3. The minimum Gasteiger partial charge on any atom is -0.394 e. The molecule has 480 valence electrons. The van der Waals surface area contributed by atoms with E-state index < -0.39 is 86.8 Å². The molecule has 0 radical (unpaired) electrons. The molecule has 0 aromatic rings. The monoisotopic (exact) mass is 1170 g/mol. The van der Waals surface area contributed by atoms with Gasteiger partial charge in [-0.05, 0) is 77.0 Å². The van der Waals surface area contributed by atoms with Crippen molar-refractivity contribution in [3.63, 3.8) is 0 Å². The van der Waals surface area contributed by atoms with Gasteiger partial charge in [-0.1, -0.05) is 253 Å². The van der Waals surface area contributed by atoms with Crippen molar-refractivity contribution >= 4 is 5.91 Å². The van der Waals surface area contributed by atoms with E-state index in [0.29, 0.717) is 12.8 Å². The molecule has 2 aliphatic heterocycles. The Morgan fingerprint density at radius 2 is 0.843 bits per heavy atom. The van der Waals surface area contributed by atoms with Gasteiger partial charge in [0, 0.05) is 6.42 Å². The Balaban J connectivity index is 1.74. The van der Waals surface area contributed by atoms with E-state index in [-0.39, 0.29) is 18.9 Å². The Morgan fingerprint density at radius 3 is 1.33 bits per heavy atom. The third kappa shape index (κ3) is 38.1. The van der Waals surface area contributed by atoms with Gasteiger partial charge >= 0.3 is 0 Å². The number of rotatable bonds is 53. The lowest BCUT2D eigenvalue weighted by Crippen LogP contribution is -2.65. The lowest BCUT2D eigenvalue weighted by Gasteiger charge is -2.46. The van der Waals surface area contributed by atoms with Crippen molar-refractivity contribution in [2.75, 3.05) is 19.8 Å². The van der Waals surface area contributed by atoms with Gasteiger partial charge in [0.05, 0.1) is 32.0 Å². The molecule has 1 amide bonds. The molecule has 0 bridgehead atoms. The standard InChI is InChI=1S/C69H121NO13/c1-3-5-7-9-11-13-15-17-19-21-23-25-27-29-31-33-35-37-39-41-43-45-47-49-51-53-61(74)70-57(56-80-68-66(79)64(77)67(60(55-72)82-68)83-69-65(78)63(76)62(75)59(54-71)81-69)58(73)52-50-48-46-44-42-40-38-36-34-32-30-28-26-24-22-20-18-16-14-12-10-8-6-4-2/h5,7,11,13,17,19,23,25,29,31,42,44,50,52,57-60,62-69,71-73,75-79H,3-4,6,8-10,12,14-16,18,20-22,24,26-28,30,32-41,43,45-49,51,53-56H2,1-2H3,(H,70,74)/b7-5-,13-11-,19-17-,25-23-,31-29-,44-42+,52-50+. The molecule has 12 unspecified atom stereocenters. The summed E-state index contributed by atoms with van der Waals surface area (Å²) in [6.07, 6.45) is 56.2. The third-order valence-corrected chi connectivity index (χ3v) is 15.8. The zero-order valence-electron chi connectivity index (χ0n) is 51.9. The van der Waals surface area contributed by atoms with Crippen molar-refractivity contribution in [1.82, 2.24) is 5.32 Å². The van der Waals surface area contributed by atoms with Gasteiger partial charge in [-0.25, -0.2) is 0 Å². The number of amides is 1. The Kier molecular flexibility index (Phi) is 49.1. The van der Waals surface area contributed by atoms with Crippen LogP contribution in [-0.4, -0.2) is 140 Å². The molecule has 14 heteroatoms. The fourth-order valence-electron chi connectivity index (χ4n) is 10.5. The average Bonchev–Trinajstić information content (AvgIpc) is 3.65. The summed E-state index contributed by atoms with van der Waals surface area (Å²) in [5.41, 5.74) is 0. The van der Waals surface area contributed by atoms with Crippen LogP contribution in [0.5, 0.6) is 0 Å². The number of hydrogen-bond acceptors (Lipinski definition) is 13. The van der Waals surface area contributed by atoms with E-state index in [1.165, 1.54) is 148 Å². The number of ether oxygens (including phenoxy) is 4. The molecule has 9 N–H and O–H groups in total. The van der Waals surface area contributed by atoms with Crippen LogP contribution in [0.1, 0.15) is 251 Å². The van der Waals surface area contributed by atoms with Crippen LogP contribution in [-0.2, 0) is 23.7 Å². The van der Waals surface area contributed by atoms with Crippen molar-refractivity contribution < 1.29 is 64.6 Å². The third-order valence-electron chi connectivity index (χ3n) is 15.8. The van der Waals surface area contributed by atoms with Crippen molar-refractivity contribution in [1.29, 1.82) is 0 Å². The molecule has 0 spiro atoms. The van der Waals surface area contributed by atoms with Gasteiger partial charge < -0.3 is 65.1 Å². The van der Waals surface area contributed by atoms with Gasteiger partial charge in [0.15, 0.2) is 12.6 Å². The second-order valence-electron chi connectivity index (χ2n) is 23.2. The van der Waals surface area contributed by atoms with Crippen LogP contribution in [0.4, 0.5) is 0 Å². The number of carbonyl (C=O) groups is 1. The topological polar surface area (TPSA) is 228 Å². The van der Waals surface area contributed by atoms with E-state index in [4.69, 9.17) is 18.9 Å². The summed E-state index contributed by atoms with van der Waals surface area (Å²) in [6.45, 7) is 2.68. The molecule has 2 heterocycles. The Labute approximate surface area is 503 Å². The van der Waals surface area contributed by atoms with E-state index in [9.17, 15) is 45.6 Å². The van der Waals surface area contributed by atoms with E-state index in [2.05, 4.69) is 92.1 Å². The molecule has 0 aromatic carbocycles. The SMILES string of the molecule is CC/C=C\C/C=C\C/C=C\C/C=C\C/C=C\CCCCCCCCCCCC(=O)NC(COC1OC(CO)C(OC2OC(CO)C(O)C(O)C2O)C(O)C1O)C(O)/C=C/CC/C=C/CCCCCCCCCCCCCCCCCCCC. The lowest BCUT2D eigenvalue weighted by atomic mass is 9.97. The molecule has 0 aromatic heterocycles. The summed E-state index contributed by atoms with van der Waals surface area (Å²) in [4.78, 5) is 13.3. The number of allylic oxidation sites excluding steroid dienone is 13. The summed E-state index contributed by atoms with van der Waals surface area (Å²) >= 11 is 0. The summed E-state index contributed by atoms with van der Waals surface area (Å²) in [5.74, 6) is -0.257. The highest BCUT2D eigenvalue weighted by molar-refractivity contribution is 5.76. The number of unbranched alkanes of at least 4 members (excludes halogenated alkanes) is 28. The van der Waals surface area contributed by atoms with Crippen LogP contribution in [0.25, 0.3) is 0 Å². The van der Waals surface area contributed by atoms with Crippen molar-refractivity contribution in [3.05, 3.63) is 85.1 Å². The lowest BCUT2D eigenvalue weighted by molar-refractivity contribution is -0.359. The molecule has 0 aliphatic carbocycles. The maximum Gasteiger partial charge on any atom is 0.220 e. The van der Waals surface area contributed by atoms with Gasteiger partial charge in [0.1, 0.15) is 48.8 Å². The van der Waals surface area contributed by atoms with Crippen LogP contribution in [0.2, 0.25) is 0 Å². The van der Waals surface area contributed by atoms with Crippen molar-refractivity contribution in [2.45, 2.75) is 325 Å². The Hall–Kier alpha value is -2.83. The first-order valence-electron chi connectivity index (χ1n) is 33.3. The van der Waals surface area contributed by atoms with Gasteiger partial charge in [-0.15, -0.1) is 0 Å². The first-order chi connectivity index (χ1) is 40.6. The van der Waals surface area contributed by atoms with Gasteiger partial charge in [-0.2, -0.15) is 0 Å². The molecular weight excluding hydrogens is 1050 g/mol. The maximum atomic E-state index is 13.3. The van der Waals surface area contributed by atoms with Crippen LogP contribution in [0.3, 0.4) is 0 Å². The summed E-state index contributed by atoms with van der Waals surface area (Å²) in [6, 6.07) is -0.941. The highest BCUT2D eigenvalue weighted by Crippen LogP contribution is 2.30. The zero-order chi connectivity index (χ0) is 60.2. The molecule has 2 aliphatic rings. The number of aliphatic hydroxyl groups is 8. The molecule has 2 saturated heterocycles. The van der Waals surface area contributed by atoms with Crippen LogP contribution < -0.4 is 5.32 Å². The quantitative estimate of drug-likeness (QED) is 0.0204. The highest BCUT2D eigenvalue weighted by atomic mass is 16.7. The van der Waals surface area contributed by atoms with E-state index >= 15 is 0 Å². The molecule has 12 atom stereocenters. The minimum absolute atomic E-state index is 0.257. The van der Waals surface area contributed by atoms with Gasteiger partial charge in [0.25, 0.3) is 0 Å². The van der Waals surface area contributed by atoms with Crippen LogP contribution >= 0.6 is 0 Å². The normalized spacial score (nSPS) is 24.4. The second-order valence-corrected chi connectivity index (χ2v) is 23.2. The zero-order valence-corrected chi connectivity index (χ0v) is 51.9. The molecule has 2 rings (SSSR count). The van der Waals surface area contributed by atoms with Gasteiger partial charge in [0.2, 0.25) is 5.91 Å². The second kappa shape index (κ2) is 53.4. The van der Waals surface area contributed by atoms with Crippen LogP contribution in [0.15, 0.2) is 85.1 Å².